The van der Waals surface area contributed by atoms with Crippen LogP contribution in [0.15, 0.2) is 22.6 Å². The van der Waals surface area contributed by atoms with Gasteiger partial charge in [-0.15, -0.1) is 0 Å². The first-order valence-corrected chi connectivity index (χ1v) is 8.28. The molecule has 6 nitrogen and oxygen atoms in total. The SMILES string of the molecule is Cc1nc2ccc(NC(=O)C(=O)N[C@H]3CCC[C@H](C(F)(F)F)C3)cc2o1. The van der Waals surface area contributed by atoms with E-state index in [0.29, 0.717) is 35.5 Å². The molecule has 0 saturated heterocycles. The highest BCUT2D eigenvalue weighted by Gasteiger charge is 2.42. The Hall–Kier alpha value is -2.58. The smallest absolute Gasteiger partial charge is 0.391 e. The lowest BCUT2D eigenvalue weighted by molar-refractivity contribution is -0.184. The summed E-state index contributed by atoms with van der Waals surface area (Å²) in [5, 5.41) is 4.81. The molecule has 0 radical (unpaired) electrons. The van der Waals surface area contributed by atoms with Crippen LogP contribution in [0.2, 0.25) is 0 Å². The lowest BCUT2D eigenvalue weighted by Gasteiger charge is -2.30. The van der Waals surface area contributed by atoms with Gasteiger partial charge in [-0.05, 0) is 31.4 Å². The Balaban J connectivity index is 1.59. The maximum absolute atomic E-state index is 12.8. The Bertz CT molecular complexity index is 832. The van der Waals surface area contributed by atoms with Crippen LogP contribution < -0.4 is 10.6 Å². The van der Waals surface area contributed by atoms with Gasteiger partial charge in [0.2, 0.25) is 0 Å². The molecule has 0 unspecified atom stereocenters. The van der Waals surface area contributed by atoms with Crippen LogP contribution in [0.25, 0.3) is 11.1 Å². The molecule has 1 saturated carbocycles. The van der Waals surface area contributed by atoms with Gasteiger partial charge in [0.25, 0.3) is 0 Å². The molecule has 140 valence electrons. The van der Waals surface area contributed by atoms with Gasteiger partial charge in [0, 0.05) is 24.7 Å². The first kappa shape index (κ1) is 18.2. The zero-order chi connectivity index (χ0) is 18.9. The van der Waals surface area contributed by atoms with Gasteiger partial charge in [-0.3, -0.25) is 9.59 Å². The van der Waals surface area contributed by atoms with E-state index >= 15 is 0 Å². The highest BCUT2D eigenvalue weighted by atomic mass is 19.4. The Morgan fingerprint density at radius 3 is 2.73 bits per heavy atom. The zero-order valence-electron chi connectivity index (χ0n) is 14.0. The molecule has 2 atom stereocenters. The van der Waals surface area contributed by atoms with Crippen molar-refractivity contribution < 1.29 is 27.2 Å². The molecule has 1 aliphatic carbocycles. The largest absolute Gasteiger partial charge is 0.441 e. The number of hydrogen-bond acceptors (Lipinski definition) is 4. The van der Waals surface area contributed by atoms with Crippen molar-refractivity contribution in [2.24, 2.45) is 5.92 Å². The van der Waals surface area contributed by atoms with Crippen LogP contribution in [0, 0.1) is 12.8 Å². The van der Waals surface area contributed by atoms with E-state index in [9.17, 15) is 22.8 Å². The van der Waals surface area contributed by atoms with E-state index in [1.807, 2.05) is 0 Å². The van der Waals surface area contributed by atoms with Crippen molar-refractivity contribution in [3.05, 3.63) is 24.1 Å². The van der Waals surface area contributed by atoms with Crippen molar-refractivity contribution in [1.82, 2.24) is 10.3 Å². The molecule has 2 N–H and O–H groups in total. The molecule has 0 aliphatic heterocycles. The summed E-state index contributed by atoms with van der Waals surface area (Å²) < 4.78 is 43.8. The number of halogens is 3. The van der Waals surface area contributed by atoms with Gasteiger partial charge in [0.15, 0.2) is 11.5 Å². The van der Waals surface area contributed by atoms with Crippen LogP contribution in [-0.2, 0) is 9.59 Å². The number of fused-ring (bicyclic) bond motifs is 1. The number of anilines is 1. The maximum atomic E-state index is 12.8. The van der Waals surface area contributed by atoms with Crippen molar-refractivity contribution in [2.45, 2.75) is 44.8 Å². The van der Waals surface area contributed by atoms with Crippen molar-refractivity contribution in [2.75, 3.05) is 5.32 Å². The topological polar surface area (TPSA) is 84.2 Å². The van der Waals surface area contributed by atoms with Crippen LogP contribution >= 0.6 is 0 Å². The standard InChI is InChI=1S/C17H18F3N3O3/c1-9-21-13-6-5-12(8-14(13)26-9)23-16(25)15(24)22-11-4-2-3-10(7-11)17(18,19)20/h5-6,8,10-11H,2-4,7H2,1H3,(H,22,24)(H,23,25)/t10-,11-/m0/s1. The molecule has 3 rings (SSSR count). The second-order valence-corrected chi connectivity index (χ2v) is 6.45. The van der Waals surface area contributed by atoms with Gasteiger partial charge < -0.3 is 15.1 Å². The van der Waals surface area contributed by atoms with Crippen LogP contribution in [0.4, 0.5) is 18.9 Å². The number of nitrogens with zero attached hydrogens (tertiary/aromatic N) is 1. The third-order valence-electron chi connectivity index (χ3n) is 4.43. The minimum atomic E-state index is -4.28. The van der Waals surface area contributed by atoms with E-state index in [1.165, 1.54) is 6.07 Å². The van der Waals surface area contributed by atoms with Crippen LogP contribution in [0.3, 0.4) is 0 Å². The monoisotopic (exact) mass is 369 g/mol. The fourth-order valence-corrected chi connectivity index (χ4v) is 3.17. The van der Waals surface area contributed by atoms with E-state index < -0.39 is 30.0 Å². The molecule has 1 heterocycles. The van der Waals surface area contributed by atoms with Crippen molar-refractivity contribution in [3.8, 4) is 0 Å². The van der Waals surface area contributed by atoms with Crippen LogP contribution in [0.1, 0.15) is 31.6 Å². The number of aryl methyl sites for hydroxylation is 1. The number of oxazole rings is 1. The number of carbonyl (C=O) groups excluding carboxylic acids is 2. The van der Waals surface area contributed by atoms with Crippen LogP contribution in [-0.4, -0.2) is 29.0 Å². The summed E-state index contributed by atoms with van der Waals surface area (Å²) in [6.45, 7) is 1.68. The van der Waals surface area contributed by atoms with Gasteiger partial charge in [-0.2, -0.15) is 13.2 Å². The normalized spacial score (nSPS) is 20.8. The van der Waals surface area contributed by atoms with Gasteiger partial charge in [0.1, 0.15) is 5.52 Å². The highest BCUT2D eigenvalue weighted by Crippen LogP contribution is 2.37. The molecule has 0 bridgehead atoms. The molecule has 26 heavy (non-hydrogen) atoms. The lowest BCUT2D eigenvalue weighted by atomic mass is 9.85. The van der Waals surface area contributed by atoms with Crippen LogP contribution in [0.5, 0.6) is 0 Å². The predicted molar refractivity (Wildman–Crippen MR) is 87.3 cm³/mol. The molecule has 1 aliphatic rings. The lowest BCUT2D eigenvalue weighted by Crippen LogP contribution is -2.45. The second-order valence-electron chi connectivity index (χ2n) is 6.45. The fourth-order valence-electron chi connectivity index (χ4n) is 3.17. The number of hydrogen-bond donors (Lipinski definition) is 2. The summed E-state index contributed by atoms with van der Waals surface area (Å²) in [6.07, 6.45) is -3.64. The van der Waals surface area contributed by atoms with Gasteiger partial charge in [-0.25, -0.2) is 4.98 Å². The molecule has 1 fully saturated rings. The van der Waals surface area contributed by atoms with E-state index in [2.05, 4.69) is 15.6 Å². The summed E-state index contributed by atoms with van der Waals surface area (Å²) in [4.78, 5) is 28.1. The van der Waals surface area contributed by atoms with E-state index in [-0.39, 0.29) is 12.8 Å². The Morgan fingerprint density at radius 2 is 2.00 bits per heavy atom. The minimum Gasteiger partial charge on any atom is -0.441 e. The number of carbonyl (C=O) groups is 2. The van der Waals surface area contributed by atoms with Gasteiger partial charge in [0.05, 0.1) is 5.92 Å². The molecule has 9 heteroatoms. The quantitative estimate of drug-likeness (QED) is 0.796. The number of rotatable bonds is 2. The average molecular weight is 369 g/mol. The van der Waals surface area contributed by atoms with E-state index in [1.54, 1.807) is 19.1 Å². The third-order valence-corrected chi connectivity index (χ3v) is 4.43. The molecular formula is C17H18F3N3O3. The number of benzene rings is 1. The summed E-state index contributed by atoms with van der Waals surface area (Å²) in [6, 6.07) is 4.07. The second kappa shape index (κ2) is 6.97. The summed E-state index contributed by atoms with van der Waals surface area (Å²) >= 11 is 0. The first-order valence-electron chi connectivity index (χ1n) is 8.28. The molecule has 2 amide bonds. The minimum absolute atomic E-state index is 0.0542. The predicted octanol–water partition coefficient (Wildman–Crippen LogP) is 3.31. The summed E-state index contributed by atoms with van der Waals surface area (Å²) in [7, 11) is 0. The molecule has 2 aromatic rings. The zero-order valence-corrected chi connectivity index (χ0v) is 14.0. The fraction of sp³-hybridized carbons (Fsp3) is 0.471. The van der Waals surface area contributed by atoms with Crippen molar-refractivity contribution >= 4 is 28.6 Å². The number of amides is 2. The number of aromatic nitrogens is 1. The summed E-state index contributed by atoms with van der Waals surface area (Å²) in [5.74, 6) is -2.86. The van der Waals surface area contributed by atoms with Gasteiger partial charge >= 0.3 is 18.0 Å². The van der Waals surface area contributed by atoms with Gasteiger partial charge in [-0.1, -0.05) is 6.42 Å². The molecule has 1 aromatic heterocycles. The summed E-state index contributed by atoms with van der Waals surface area (Å²) in [5.41, 5.74) is 1.41. The first-order chi connectivity index (χ1) is 12.2. The van der Waals surface area contributed by atoms with E-state index in [0.717, 1.165) is 0 Å². The highest BCUT2D eigenvalue weighted by molar-refractivity contribution is 6.39. The average Bonchev–Trinajstić information content (AvgIpc) is 2.93. The van der Waals surface area contributed by atoms with Crippen molar-refractivity contribution in [1.29, 1.82) is 0 Å². The number of alkyl halides is 3. The van der Waals surface area contributed by atoms with Crippen molar-refractivity contribution in [3.63, 3.8) is 0 Å². The third kappa shape index (κ3) is 4.14. The van der Waals surface area contributed by atoms with E-state index in [4.69, 9.17) is 4.42 Å². The molecule has 1 aromatic carbocycles. The maximum Gasteiger partial charge on any atom is 0.391 e. The Labute approximate surface area is 147 Å². The number of nitrogens with one attached hydrogen (secondary N) is 2. The molecule has 0 spiro atoms. The Morgan fingerprint density at radius 1 is 1.23 bits per heavy atom. The Kier molecular flexibility index (Phi) is 4.88. The molecular weight excluding hydrogens is 351 g/mol.